The van der Waals surface area contributed by atoms with E-state index in [-0.39, 0.29) is 0 Å². The van der Waals surface area contributed by atoms with Crippen molar-refractivity contribution in [1.29, 1.82) is 0 Å². The van der Waals surface area contributed by atoms with E-state index < -0.39 is 5.82 Å². The molecule has 1 aromatic heterocycles. The van der Waals surface area contributed by atoms with Crippen molar-refractivity contribution in [2.24, 2.45) is 0 Å². The van der Waals surface area contributed by atoms with E-state index in [4.69, 9.17) is 23.2 Å². The molecule has 0 bridgehead atoms. The minimum atomic E-state index is -0.447. The Hall–Kier alpha value is -0.900. The van der Waals surface area contributed by atoms with Crippen LogP contribution in [0.1, 0.15) is 18.1 Å². The van der Waals surface area contributed by atoms with Gasteiger partial charge >= 0.3 is 0 Å². The van der Waals surface area contributed by atoms with Crippen LogP contribution < -0.4 is 0 Å². The molecule has 5 heteroatoms. The van der Waals surface area contributed by atoms with Gasteiger partial charge in [0.2, 0.25) is 0 Å². The highest BCUT2D eigenvalue weighted by atomic mass is 79.9. The Morgan fingerprint density at radius 2 is 2.00 bits per heavy atom. The van der Waals surface area contributed by atoms with Crippen molar-refractivity contribution in [2.45, 2.75) is 12.3 Å². The average Bonchev–Trinajstić information content (AvgIpc) is 2.39. The monoisotopic (exact) mass is 373 g/mol. The number of benzene rings is 1. The van der Waals surface area contributed by atoms with Gasteiger partial charge in [-0.15, -0.1) is 0 Å². The van der Waals surface area contributed by atoms with Crippen molar-refractivity contribution in [2.75, 3.05) is 0 Å². The lowest BCUT2D eigenvalue weighted by molar-refractivity contribution is 0.630. The largest absolute Gasteiger partial charge is 0.254 e. The molecule has 1 nitrogen and oxygen atoms in total. The molecule has 0 saturated carbocycles. The minimum absolute atomic E-state index is 0.335. The van der Waals surface area contributed by atoms with Crippen LogP contribution in [0.5, 0.6) is 0 Å². The number of pyridine rings is 1. The summed E-state index contributed by atoms with van der Waals surface area (Å²) in [5.41, 5.74) is 3.19. The summed E-state index contributed by atoms with van der Waals surface area (Å²) in [5, 5.41) is 1.28. The molecular weight excluding hydrogens is 364 g/mol. The molecule has 0 aliphatic rings. The number of allylic oxidation sites excluding steroid dienone is 1. The zero-order valence-electron chi connectivity index (χ0n) is 10.7. The van der Waals surface area contributed by atoms with E-state index in [1.807, 2.05) is 6.92 Å². The van der Waals surface area contributed by atoms with Crippen LogP contribution in [0.4, 0.5) is 4.39 Å². The molecule has 2 rings (SSSR count). The maximum atomic E-state index is 14.1. The molecule has 0 N–H and O–H groups in total. The predicted octanol–water partition coefficient (Wildman–Crippen LogP) is 6.12. The lowest BCUT2D eigenvalue weighted by atomic mass is 10.1. The fourth-order valence-corrected chi connectivity index (χ4v) is 2.86. The quantitative estimate of drug-likeness (QED) is 0.589. The molecule has 0 fully saturated rings. The van der Waals surface area contributed by atoms with Gasteiger partial charge in [0.05, 0.1) is 10.7 Å². The lowest BCUT2D eigenvalue weighted by Gasteiger charge is -2.10. The molecule has 20 heavy (non-hydrogen) atoms. The number of halogens is 4. The van der Waals surface area contributed by atoms with E-state index in [2.05, 4.69) is 27.5 Å². The number of aromatic nitrogens is 1. The zero-order valence-corrected chi connectivity index (χ0v) is 13.8. The topological polar surface area (TPSA) is 12.9 Å². The summed E-state index contributed by atoms with van der Waals surface area (Å²) in [4.78, 5) is 4.24. The van der Waals surface area contributed by atoms with Gasteiger partial charge in [-0.25, -0.2) is 4.39 Å². The Bertz CT molecular complexity index is 686. The summed E-state index contributed by atoms with van der Waals surface area (Å²) in [6, 6.07) is 4.66. The number of alkyl halides is 1. The summed E-state index contributed by atoms with van der Waals surface area (Å²) < 4.78 is 14.1. The first-order valence-corrected chi connectivity index (χ1v) is 7.67. The summed E-state index contributed by atoms with van der Waals surface area (Å²) in [6.45, 7) is 5.69. The third kappa shape index (κ3) is 3.05. The zero-order chi connectivity index (χ0) is 14.9. The molecule has 0 amide bonds. The Morgan fingerprint density at radius 3 is 2.55 bits per heavy atom. The Balaban J connectivity index is 2.59. The van der Waals surface area contributed by atoms with Crippen LogP contribution >= 0.6 is 39.1 Å². The molecule has 0 spiro atoms. The van der Waals surface area contributed by atoms with Gasteiger partial charge in [-0.1, -0.05) is 45.7 Å². The fraction of sp³-hybridized carbons (Fsp3) is 0.133. The molecule has 104 valence electrons. The van der Waals surface area contributed by atoms with Crippen LogP contribution in [0.25, 0.3) is 16.8 Å². The van der Waals surface area contributed by atoms with Crippen LogP contribution in [-0.2, 0) is 5.33 Å². The number of nitrogens with zero attached hydrogens (tertiary/aromatic N) is 1. The molecule has 0 atom stereocenters. The molecule has 0 aliphatic heterocycles. The lowest BCUT2D eigenvalue weighted by Crippen LogP contribution is -1.94. The minimum Gasteiger partial charge on any atom is -0.254 e. The van der Waals surface area contributed by atoms with Gasteiger partial charge in [-0.3, -0.25) is 4.98 Å². The summed E-state index contributed by atoms with van der Waals surface area (Å²) >= 11 is 15.5. The van der Waals surface area contributed by atoms with Crippen LogP contribution in [0.2, 0.25) is 10.0 Å². The van der Waals surface area contributed by atoms with Crippen molar-refractivity contribution >= 4 is 44.7 Å². The molecule has 2 aromatic rings. The Kier molecular flexibility index (Phi) is 4.84. The van der Waals surface area contributed by atoms with Gasteiger partial charge in [0.15, 0.2) is 0 Å². The second-order valence-electron chi connectivity index (χ2n) is 4.39. The highest BCUT2D eigenvalue weighted by Gasteiger charge is 2.14. The van der Waals surface area contributed by atoms with E-state index in [0.29, 0.717) is 26.6 Å². The van der Waals surface area contributed by atoms with Gasteiger partial charge in [-0.05, 0) is 41.8 Å². The van der Waals surface area contributed by atoms with Gasteiger partial charge < -0.3 is 0 Å². The highest BCUT2D eigenvalue weighted by Crippen LogP contribution is 2.33. The van der Waals surface area contributed by atoms with Crippen molar-refractivity contribution in [3.05, 3.63) is 58.0 Å². The first-order chi connectivity index (χ1) is 9.43. The number of hydrogen-bond acceptors (Lipinski definition) is 1. The first-order valence-electron chi connectivity index (χ1n) is 5.79. The van der Waals surface area contributed by atoms with Crippen LogP contribution in [-0.4, -0.2) is 4.98 Å². The van der Waals surface area contributed by atoms with E-state index in [1.165, 1.54) is 6.07 Å². The molecule has 1 heterocycles. The second-order valence-corrected chi connectivity index (χ2v) is 5.77. The number of hydrogen-bond donors (Lipinski definition) is 0. The van der Waals surface area contributed by atoms with Gasteiger partial charge in [-0.2, -0.15) is 0 Å². The van der Waals surface area contributed by atoms with Crippen LogP contribution in [0, 0.1) is 5.82 Å². The molecular formula is C15H11BrCl2FN. The molecule has 0 aliphatic carbocycles. The molecule has 0 unspecified atom stereocenters. The van der Waals surface area contributed by atoms with Gasteiger partial charge in [0.1, 0.15) is 5.82 Å². The van der Waals surface area contributed by atoms with Crippen LogP contribution in [0.15, 0.2) is 31.0 Å². The summed E-state index contributed by atoms with van der Waals surface area (Å²) in [5.74, 6) is -0.447. The van der Waals surface area contributed by atoms with E-state index in [1.54, 1.807) is 18.3 Å². The van der Waals surface area contributed by atoms with Crippen molar-refractivity contribution in [1.82, 2.24) is 4.98 Å². The molecule has 1 aromatic carbocycles. The third-order valence-corrected chi connectivity index (χ3v) is 4.11. The maximum Gasteiger partial charge on any atom is 0.134 e. The van der Waals surface area contributed by atoms with Crippen molar-refractivity contribution < 1.29 is 4.39 Å². The fourth-order valence-electron chi connectivity index (χ4n) is 1.75. The second kappa shape index (κ2) is 6.25. The van der Waals surface area contributed by atoms with Crippen LogP contribution in [0.3, 0.4) is 0 Å². The summed E-state index contributed by atoms with van der Waals surface area (Å²) in [7, 11) is 0. The Morgan fingerprint density at radius 1 is 1.30 bits per heavy atom. The smallest absolute Gasteiger partial charge is 0.134 e. The predicted molar refractivity (Wildman–Crippen MR) is 87.0 cm³/mol. The van der Waals surface area contributed by atoms with Crippen molar-refractivity contribution in [3.63, 3.8) is 0 Å². The molecule has 0 saturated heterocycles. The highest BCUT2D eigenvalue weighted by molar-refractivity contribution is 9.08. The number of rotatable bonds is 3. The SMILES string of the molecule is C=C(C)c1cnc(-c2cc(CBr)c(Cl)cc2F)c(Cl)c1. The standard InChI is InChI=1S/C15H11BrCl2FN/c1-8(2)10-4-13(18)15(20-7-10)11-3-9(6-16)12(17)5-14(11)19/h3-5,7H,1,6H2,2H3. The first kappa shape index (κ1) is 15.5. The Labute approximate surface area is 135 Å². The van der Waals surface area contributed by atoms with E-state index in [9.17, 15) is 4.39 Å². The van der Waals surface area contributed by atoms with Crippen molar-refractivity contribution in [3.8, 4) is 11.3 Å². The van der Waals surface area contributed by atoms with Gasteiger partial charge in [0.25, 0.3) is 0 Å². The van der Waals surface area contributed by atoms with Gasteiger partial charge in [0, 0.05) is 22.1 Å². The normalized spacial score (nSPS) is 10.7. The molecule has 0 radical (unpaired) electrons. The average molecular weight is 375 g/mol. The summed E-state index contributed by atoms with van der Waals surface area (Å²) in [6.07, 6.45) is 1.63. The van der Waals surface area contributed by atoms with E-state index >= 15 is 0 Å². The maximum absolute atomic E-state index is 14.1. The van der Waals surface area contributed by atoms with E-state index in [0.717, 1.165) is 16.7 Å². The third-order valence-electron chi connectivity index (χ3n) is 2.87.